The van der Waals surface area contributed by atoms with E-state index < -0.39 is 0 Å². The topological polar surface area (TPSA) is 53.1 Å². The van der Waals surface area contributed by atoms with E-state index in [4.69, 9.17) is 10.5 Å². The van der Waals surface area contributed by atoms with E-state index >= 15 is 0 Å². The van der Waals surface area contributed by atoms with Crippen molar-refractivity contribution < 1.29 is 4.74 Å². The Kier molecular flexibility index (Phi) is 3.66. The van der Waals surface area contributed by atoms with Gasteiger partial charge in [0, 0.05) is 12.5 Å². The molecule has 5 heteroatoms. The lowest BCUT2D eigenvalue weighted by Crippen LogP contribution is -2.25. The van der Waals surface area contributed by atoms with Gasteiger partial charge in [0.1, 0.15) is 0 Å². The van der Waals surface area contributed by atoms with Gasteiger partial charge in [-0.05, 0) is 36.2 Å². The van der Waals surface area contributed by atoms with Crippen LogP contribution in [0.3, 0.4) is 0 Å². The van der Waals surface area contributed by atoms with Crippen LogP contribution < -0.4 is 5.73 Å². The number of ether oxygens (including phenoxy) is 1. The first-order valence-corrected chi connectivity index (χ1v) is 6.51. The summed E-state index contributed by atoms with van der Waals surface area (Å²) in [6.07, 6.45) is 3.17. The third-order valence-electron chi connectivity index (χ3n) is 3.19. The molecule has 4 nitrogen and oxygen atoms in total. The summed E-state index contributed by atoms with van der Waals surface area (Å²) in [4.78, 5) is 0. The van der Waals surface area contributed by atoms with Crippen LogP contribution in [0.4, 0.5) is 0 Å². The second kappa shape index (κ2) is 4.85. The van der Waals surface area contributed by atoms with Crippen LogP contribution in [-0.2, 0) is 11.3 Å². The molecule has 0 saturated carbocycles. The van der Waals surface area contributed by atoms with Crippen molar-refractivity contribution in [2.24, 2.45) is 11.7 Å². The molecule has 0 amide bonds. The number of hydrogen-bond donors (Lipinski definition) is 1. The molecule has 16 heavy (non-hydrogen) atoms. The number of nitrogens with zero attached hydrogens (tertiary/aromatic N) is 2. The number of rotatable bonds is 3. The van der Waals surface area contributed by atoms with Gasteiger partial charge < -0.3 is 10.5 Å². The van der Waals surface area contributed by atoms with Crippen LogP contribution >= 0.6 is 15.9 Å². The van der Waals surface area contributed by atoms with Crippen LogP contribution in [-0.4, -0.2) is 22.5 Å². The largest absolute Gasteiger partial charge is 0.378 e. The Hall–Kier alpha value is -0.390. The summed E-state index contributed by atoms with van der Waals surface area (Å²) in [5.74, 6) is 0.397. The van der Waals surface area contributed by atoms with Crippen LogP contribution in [0.2, 0.25) is 0 Å². The van der Waals surface area contributed by atoms with Crippen LogP contribution in [0.1, 0.15) is 32.0 Å². The predicted molar refractivity (Wildman–Crippen MR) is 66.1 cm³/mol. The van der Waals surface area contributed by atoms with E-state index in [9.17, 15) is 0 Å². The van der Waals surface area contributed by atoms with E-state index in [1.165, 1.54) is 0 Å². The zero-order valence-corrected chi connectivity index (χ0v) is 11.3. The van der Waals surface area contributed by atoms with Crippen molar-refractivity contribution >= 4 is 15.9 Å². The highest BCUT2D eigenvalue weighted by Crippen LogP contribution is 2.33. The summed E-state index contributed by atoms with van der Waals surface area (Å²) < 4.78 is 8.53. The van der Waals surface area contributed by atoms with Gasteiger partial charge in [-0.25, -0.2) is 0 Å². The van der Waals surface area contributed by atoms with Gasteiger partial charge in [0.2, 0.25) is 0 Å². The number of halogens is 1. The van der Waals surface area contributed by atoms with E-state index in [1.807, 2.05) is 10.9 Å². The standard InChI is InChI=1S/C11H18BrN3O/c1-3-15-11(9(12)5-14-15)10(13)8-4-7(2)16-6-8/h5,7-8,10H,3-4,6,13H2,1-2H3. The third kappa shape index (κ3) is 2.17. The zero-order valence-electron chi connectivity index (χ0n) is 9.69. The van der Waals surface area contributed by atoms with Gasteiger partial charge >= 0.3 is 0 Å². The normalized spacial score (nSPS) is 27.2. The number of aromatic nitrogens is 2. The molecule has 0 spiro atoms. The quantitative estimate of drug-likeness (QED) is 0.926. The lowest BCUT2D eigenvalue weighted by Gasteiger charge is -2.19. The van der Waals surface area contributed by atoms with Crippen molar-refractivity contribution in [1.29, 1.82) is 0 Å². The first kappa shape index (κ1) is 12.1. The van der Waals surface area contributed by atoms with E-state index in [1.54, 1.807) is 0 Å². The highest BCUT2D eigenvalue weighted by Gasteiger charge is 2.31. The molecule has 2 heterocycles. The Bertz CT molecular complexity index is 366. The molecular weight excluding hydrogens is 270 g/mol. The van der Waals surface area contributed by atoms with E-state index in [-0.39, 0.29) is 6.04 Å². The summed E-state index contributed by atoms with van der Waals surface area (Å²) >= 11 is 3.52. The number of hydrogen-bond acceptors (Lipinski definition) is 3. The number of nitrogens with two attached hydrogens (primary N) is 1. The second-order valence-electron chi connectivity index (χ2n) is 4.36. The smallest absolute Gasteiger partial charge is 0.0697 e. The summed E-state index contributed by atoms with van der Waals surface area (Å²) in [6.45, 7) is 5.77. The molecule has 1 saturated heterocycles. The zero-order chi connectivity index (χ0) is 11.7. The summed E-state index contributed by atoms with van der Waals surface area (Å²) in [5, 5.41) is 4.29. The fourth-order valence-electron chi connectivity index (χ4n) is 2.28. The van der Waals surface area contributed by atoms with E-state index in [2.05, 4.69) is 34.9 Å². The molecular formula is C11H18BrN3O. The predicted octanol–water partition coefficient (Wildman–Crippen LogP) is 2.09. The van der Waals surface area contributed by atoms with Crippen LogP contribution in [0.25, 0.3) is 0 Å². The van der Waals surface area contributed by atoms with Gasteiger partial charge in [0.05, 0.1) is 35.1 Å². The van der Waals surface area contributed by atoms with Crippen molar-refractivity contribution in [3.8, 4) is 0 Å². The van der Waals surface area contributed by atoms with Gasteiger partial charge in [0.15, 0.2) is 0 Å². The Labute approximate surface area is 104 Å². The Morgan fingerprint density at radius 1 is 1.75 bits per heavy atom. The molecule has 1 aromatic heterocycles. The molecule has 0 aliphatic carbocycles. The van der Waals surface area contributed by atoms with Gasteiger partial charge in [-0.1, -0.05) is 0 Å². The SMILES string of the molecule is CCn1ncc(Br)c1C(N)C1COC(C)C1. The van der Waals surface area contributed by atoms with Crippen molar-refractivity contribution in [2.75, 3.05) is 6.61 Å². The van der Waals surface area contributed by atoms with Gasteiger partial charge in [0.25, 0.3) is 0 Å². The third-order valence-corrected chi connectivity index (χ3v) is 3.80. The van der Waals surface area contributed by atoms with Crippen LogP contribution in [0, 0.1) is 5.92 Å². The minimum absolute atomic E-state index is 0.00164. The lowest BCUT2D eigenvalue weighted by molar-refractivity contribution is 0.118. The molecule has 3 unspecified atom stereocenters. The molecule has 1 aromatic rings. The molecule has 2 N–H and O–H groups in total. The maximum atomic E-state index is 6.31. The van der Waals surface area contributed by atoms with Gasteiger partial charge in [-0.3, -0.25) is 4.68 Å². The molecule has 1 aliphatic heterocycles. The Balaban J connectivity index is 2.19. The highest BCUT2D eigenvalue weighted by molar-refractivity contribution is 9.10. The first-order chi connectivity index (χ1) is 7.63. The molecule has 2 rings (SSSR count). The average Bonchev–Trinajstić information content (AvgIpc) is 2.83. The summed E-state index contributed by atoms with van der Waals surface area (Å²) in [7, 11) is 0. The molecule has 1 aliphatic rings. The maximum Gasteiger partial charge on any atom is 0.0697 e. The molecule has 0 aromatic carbocycles. The summed E-state index contributed by atoms with van der Waals surface area (Å²) in [5.41, 5.74) is 7.40. The van der Waals surface area contributed by atoms with Crippen molar-refractivity contribution in [1.82, 2.24) is 9.78 Å². The van der Waals surface area contributed by atoms with Crippen LogP contribution in [0.15, 0.2) is 10.7 Å². The summed E-state index contributed by atoms with van der Waals surface area (Å²) in [6, 6.07) is 0.00164. The minimum Gasteiger partial charge on any atom is -0.378 e. The maximum absolute atomic E-state index is 6.31. The van der Waals surface area contributed by atoms with Crippen molar-refractivity contribution in [3.05, 3.63) is 16.4 Å². The highest BCUT2D eigenvalue weighted by atomic mass is 79.9. The van der Waals surface area contributed by atoms with Crippen LogP contribution in [0.5, 0.6) is 0 Å². The number of aryl methyl sites for hydroxylation is 1. The van der Waals surface area contributed by atoms with Gasteiger partial charge in [-0.2, -0.15) is 5.10 Å². The molecule has 90 valence electrons. The molecule has 1 fully saturated rings. The average molecular weight is 288 g/mol. The first-order valence-electron chi connectivity index (χ1n) is 5.71. The second-order valence-corrected chi connectivity index (χ2v) is 5.21. The Morgan fingerprint density at radius 3 is 3.06 bits per heavy atom. The fraction of sp³-hybridized carbons (Fsp3) is 0.727. The fourth-order valence-corrected chi connectivity index (χ4v) is 2.84. The monoisotopic (exact) mass is 287 g/mol. The minimum atomic E-state index is 0.00164. The van der Waals surface area contributed by atoms with E-state index in [0.29, 0.717) is 12.0 Å². The van der Waals surface area contributed by atoms with Crippen molar-refractivity contribution in [2.45, 2.75) is 39.0 Å². The molecule has 0 radical (unpaired) electrons. The lowest BCUT2D eigenvalue weighted by atomic mass is 9.95. The van der Waals surface area contributed by atoms with Crippen molar-refractivity contribution in [3.63, 3.8) is 0 Å². The Morgan fingerprint density at radius 2 is 2.50 bits per heavy atom. The molecule has 3 atom stereocenters. The van der Waals surface area contributed by atoms with Gasteiger partial charge in [-0.15, -0.1) is 0 Å². The molecule has 0 bridgehead atoms. The van der Waals surface area contributed by atoms with E-state index in [0.717, 1.165) is 29.7 Å².